The second-order valence-corrected chi connectivity index (χ2v) is 5.41. The third-order valence-electron chi connectivity index (χ3n) is 4.05. The summed E-state index contributed by atoms with van der Waals surface area (Å²) in [5, 5.41) is 0. The zero-order valence-electron chi connectivity index (χ0n) is 11.6. The molecule has 0 saturated heterocycles. The number of nitrogens with two attached hydrogens (primary N) is 1. The molecule has 3 atom stereocenters. The molecule has 0 aromatic heterocycles. The van der Waals surface area contributed by atoms with E-state index in [0.29, 0.717) is 6.54 Å². The lowest BCUT2D eigenvalue weighted by Crippen LogP contribution is -2.32. The van der Waals surface area contributed by atoms with Crippen molar-refractivity contribution in [1.29, 1.82) is 0 Å². The van der Waals surface area contributed by atoms with Gasteiger partial charge in [-0.25, -0.2) is 0 Å². The predicted octanol–water partition coefficient (Wildman–Crippen LogP) is 2.28. The van der Waals surface area contributed by atoms with Crippen LogP contribution < -0.4 is 10.5 Å². The molecule has 3 unspecified atom stereocenters. The monoisotopic (exact) mass is 248 g/mol. The van der Waals surface area contributed by atoms with Crippen LogP contribution >= 0.6 is 0 Å². The van der Waals surface area contributed by atoms with Gasteiger partial charge in [0.15, 0.2) is 0 Å². The third-order valence-corrected chi connectivity index (χ3v) is 4.05. The first kappa shape index (κ1) is 13.4. The molecule has 1 fully saturated rings. The lowest BCUT2D eigenvalue weighted by Gasteiger charge is -2.28. The summed E-state index contributed by atoms with van der Waals surface area (Å²) in [6.45, 7) is 4.07. The summed E-state index contributed by atoms with van der Waals surface area (Å²) in [7, 11) is 3.88. The summed E-state index contributed by atoms with van der Waals surface area (Å²) in [5.41, 5.74) is 7.16. The smallest absolute Gasteiger partial charge is 0.123 e. The number of hydrogen-bond acceptors (Lipinski definition) is 3. The minimum absolute atomic E-state index is 0.244. The molecule has 0 heterocycles. The molecule has 1 saturated carbocycles. The molecule has 100 valence electrons. The molecule has 2 rings (SSSR count). The summed E-state index contributed by atoms with van der Waals surface area (Å²) in [6.07, 6.45) is 1.35. The van der Waals surface area contributed by atoms with Gasteiger partial charge in [-0.2, -0.15) is 0 Å². The molecular weight excluding hydrogens is 224 g/mol. The Kier molecular flexibility index (Phi) is 4.25. The van der Waals surface area contributed by atoms with Crippen molar-refractivity contribution in [2.75, 3.05) is 27.2 Å². The Morgan fingerprint density at radius 1 is 1.44 bits per heavy atom. The zero-order chi connectivity index (χ0) is 13.1. The fourth-order valence-electron chi connectivity index (χ4n) is 2.64. The number of nitrogens with zero attached hydrogens (tertiary/aromatic N) is 1. The Hall–Kier alpha value is -1.06. The number of hydrogen-bond donors (Lipinski definition) is 1. The molecular formula is C15H24N2O. The first-order valence-electron chi connectivity index (χ1n) is 6.70. The summed E-state index contributed by atoms with van der Waals surface area (Å²) in [6, 6.07) is 8.41. The van der Waals surface area contributed by atoms with Gasteiger partial charge >= 0.3 is 0 Å². The Bertz CT molecular complexity index is 394. The van der Waals surface area contributed by atoms with E-state index in [1.807, 2.05) is 18.2 Å². The summed E-state index contributed by atoms with van der Waals surface area (Å²) in [4.78, 5) is 2.37. The number of benzene rings is 1. The number of methoxy groups -OCH3 is 1. The molecule has 18 heavy (non-hydrogen) atoms. The Balaban J connectivity index is 2.11. The third kappa shape index (κ3) is 2.85. The maximum Gasteiger partial charge on any atom is 0.123 e. The van der Waals surface area contributed by atoms with Gasteiger partial charge in [-0.05, 0) is 31.4 Å². The Morgan fingerprint density at radius 3 is 2.67 bits per heavy atom. The molecule has 0 spiro atoms. The molecule has 1 aliphatic rings. The molecule has 2 N–H and O–H groups in total. The van der Waals surface area contributed by atoms with Crippen LogP contribution in [-0.2, 0) is 0 Å². The van der Waals surface area contributed by atoms with Gasteiger partial charge in [0.2, 0.25) is 0 Å². The normalized spacial score (nSPS) is 24.1. The van der Waals surface area contributed by atoms with Crippen molar-refractivity contribution in [3.05, 3.63) is 29.8 Å². The van der Waals surface area contributed by atoms with Gasteiger partial charge in [0, 0.05) is 18.7 Å². The van der Waals surface area contributed by atoms with Crippen molar-refractivity contribution in [3.8, 4) is 5.75 Å². The zero-order valence-corrected chi connectivity index (χ0v) is 11.6. The van der Waals surface area contributed by atoms with Crippen molar-refractivity contribution in [2.24, 2.45) is 17.6 Å². The van der Waals surface area contributed by atoms with Crippen LogP contribution in [0, 0.1) is 11.8 Å². The van der Waals surface area contributed by atoms with E-state index in [4.69, 9.17) is 10.5 Å². The molecule has 1 aromatic rings. The lowest BCUT2D eigenvalue weighted by atomic mass is 10.0. The second kappa shape index (κ2) is 5.72. The van der Waals surface area contributed by atoms with Crippen LogP contribution in [0.2, 0.25) is 0 Å². The second-order valence-electron chi connectivity index (χ2n) is 5.41. The highest BCUT2D eigenvalue weighted by molar-refractivity contribution is 5.36. The van der Waals surface area contributed by atoms with Crippen LogP contribution in [0.5, 0.6) is 5.75 Å². The van der Waals surface area contributed by atoms with Crippen LogP contribution in [0.1, 0.15) is 24.9 Å². The average Bonchev–Trinajstić information content (AvgIpc) is 3.06. The molecule has 1 aromatic carbocycles. The minimum Gasteiger partial charge on any atom is -0.496 e. The van der Waals surface area contributed by atoms with Gasteiger partial charge in [0.1, 0.15) is 5.75 Å². The first-order chi connectivity index (χ1) is 8.67. The van der Waals surface area contributed by atoms with E-state index in [-0.39, 0.29) is 6.04 Å². The van der Waals surface area contributed by atoms with E-state index >= 15 is 0 Å². The van der Waals surface area contributed by atoms with E-state index < -0.39 is 0 Å². The Morgan fingerprint density at radius 2 is 2.11 bits per heavy atom. The number of likely N-dealkylation sites (N-methyl/N-ethyl adjacent to an activating group) is 1. The van der Waals surface area contributed by atoms with Gasteiger partial charge in [0.25, 0.3) is 0 Å². The van der Waals surface area contributed by atoms with Gasteiger partial charge in [-0.15, -0.1) is 0 Å². The molecule has 0 amide bonds. The SMILES string of the molecule is COc1ccccc1C(CN)N(C)CC1CC1C. The molecule has 0 radical (unpaired) electrons. The van der Waals surface area contributed by atoms with E-state index in [1.165, 1.54) is 12.0 Å². The fourth-order valence-corrected chi connectivity index (χ4v) is 2.64. The number of ether oxygens (including phenoxy) is 1. The largest absolute Gasteiger partial charge is 0.496 e. The van der Waals surface area contributed by atoms with Crippen molar-refractivity contribution < 1.29 is 4.74 Å². The first-order valence-corrected chi connectivity index (χ1v) is 6.70. The average molecular weight is 248 g/mol. The Labute approximate surface area is 110 Å². The van der Waals surface area contributed by atoms with Crippen LogP contribution in [-0.4, -0.2) is 32.1 Å². The van der Waals surface area contributed by atoms with Crippen molar-refractivity contribution in [1.82, 2.24) is 4.90 Å². The molecule has 3 nitrogen and oxygen atoms in total. The highest BCUT2D eigenvalue weighted by Crippen LogP contribution is 2.39. The van der Waals surface area contributed by atoms with Gasteiger partial charge < -0.3 is 10.5 Å². The number of rotatable bonds is 6. The maximum absolute atomic E-state index is 5.96. The highest BCUT2D eigenvalue weighted by atomic mass is 16.5. The summed E-state index contributed by atoms with van der Waals surface area (Å²) in [5.74, 6) is 2.66. The van der Waals surface area contributed by atoms with E-state index in [1.54, 1.807) is 7.11 Å². The van der Waals surface area contributed by atoms with E-state index in [9.17, 15) is 0 Å². The fraction of sp³-hybridized carbons (Fsp3) is 0.600. The summed E-state index contributed by atoms with van der Waals surface area (Å²) >= 11 is 0. The van der Waals surface area contributed by atoms with Crippen LogP contribution in [0.25, 0.3) is 0 Å². The molecule has 3 heteroatoms. The molecule has 0 aliphatic heterocycles. The molecule has 0 bridgehead atoms. The minimum atomic E-state index is 0.244. The van der Waals surface area contributed by atoms with Crippen molar-refractivity contribution in [3.63, 3.8) is 0 Å². The number of para-hydroxylation sites is 1. The quantitative estimate of drug-likeness (QED) is 0.839. The standard InChI is InChI=1S/C15H24N2O/c1-11-8-12(11)10-17(2)14(9-16)13-6-4-5-7-15(13)18-3/h4-7,11-12,14H,8-10,16H2,1-3H3. The molecule has 1 aliphatic carbocycles. The lowest BCUT2D eigenvalue weighted by molar-refractivity contribution is 0.231. The predicted molar refractivity (Wildman–Crippen MR) is 74.7 cm³/mol. The maximum atomic E-state index is 5.96. The van der Waals surface area contributed by atoms with Crippen molar-refractivity contribution in [2.45, 2.75) is 19.4 Å². The topological polar surface area (TPSA) is 38.5 Å². The van der Waals surface area contributed by atoms with Crippen LogP contribution in [0.3, 0.4) is 0 Å². The van der Waals surface area contributed by atoms with Crippen LogP contribution in [0.4, 0.5) is 0 Å². The van der Waals surface area contributed by atoms with Crippen LogP contribution in [0.15, 0.2) is 24.3 Å². The van der Waals surface area contributed by atoms with E-state index in [2.05, 4.69) is 24.9 Å². The van der Waals surface area contributed by atoms with E-state index in [0.717, 1.165) is 24.1 Å². The highest BCUT2D eigenvalue weighted by Gasteiger charge is 2.34. The van der Waals surface area contributed by atoms with Crippen molar-refractivity contribution >= 4 is 0 Å². The van der Waals surface area contributed by atoms with Gasteiger partial charge in [-0.1, -0.05) is 25.1 Å². The van der Waals surface area contributed by atoms with Gasteiger partial charge in [0.05, 0.1) is 13.2 Å². The van der Waals surface area contributed by atoms with Gasteiger partial charge in [-0.3, -0.25) is 4.90 Å². The summed E-state index contributed by atoms with van der Waals surface area (Å²) < 4.78 is 5.44.